The first-order chi connectivity index (χ1) is 10.0. The van der Waals surface area contributed by atoms with Crippen molar-refractivity contribution in [3.8, 4) is 0 Å². The molecule has 112 valence electrons. The van der Waals surface area contributed by atoms with Crippen molar-refractivity contribution >= 4 is 29.5 Å². The number of rotatable bonds is 6. The van der Waals surface area contributed by atoms with Crippen molar-refractivity contribution < 1.29 is 19.5 Å². The van der Waals surface area contributed by atoms with Crippen LogP contribution in [0.15, 0.2) is 23.4 Å². The van der Waals surface area contributed by atoms with E-state index in [1.807, 2.05) is 6.92 Å². The second-order valence-corrected chi connectivity index (χ2v) is 5.88. The van der Waals surface area contributed by atoms with Crippen molar-refractivity contribution in [3.05, 3.63) is 23.9 Å². The molecule has 2 heterocycles. The molecule has 0 spiro atoms. The predicted octanol–water partition coefficient (Wildman–Crippen LogP) is 0.465. The molecule has 0 unspecified atom stereocenters. The number of nitrogens with zero attached hydrogens (tertiary/aromatic N) is 2. The number of pyridine rings is 1. The Labute approximate surface area is 126 Å². The molecule has 0 aromatic carbocycles. The summed E-state index contributed by atoms with van der Waals surface area (Å²) in [7, 11) is 0. The standard InChI is InChI=1S/C14H16N2O4S/c1-2-3-7-16-11(17)8-10(13(16)18)21-12-9(14(19)20)5-4-6-15-12/h4-6,10H,2-3,7-8H2,1H3,(H,19,20)/p-1/t10-/m1/s1. The first-order valence-electron chi connectivity index (χ1n) is 6.71. The Morgan fingerprint density at radius 1 is 1.52 bits per heavy atom. The SMILES string of the molecule is CCCCN1C(=O)C[C@@H](Sc2ncccc2C(=O)[O-])C1=O. The van der Waals surface area contributed by atoms with Crippen molar-refractivity contribution in [1.29, 1.82) is 0 Å². The van der Waals surface area contributed by atoms with Crippen molar-refractivity contribution in [1.82, 2.24) is 9.88 Å². The van der Waals surface area contributed by atoms with Gasteiger partial charge in [0.2, 0.25) is 11.8 Å². The van der Waals surface area contributed by atoms with Crippen LogP contribution in [0.3, 0.4) is 0 Å². The quantitative estimate of drug-likeness (QED) is 0.709. The zero-order valence-corrected chi connectivity index (χ0v) is 12.4. The molecule has 6 nitrogen and oxygen atoms in total. The number of unbranched alkanes of at least 4 members (excludes halogenated alkanes) is 1. The third-order valence-corrected chi connectivity index (χ3v) is 4.38. The molecule has 0 aliphatic carbocycles. The lowest BCUT2D eigenvalue weighted by Gasteiger charge is -2.14. The summed E-state index contributed by atoms with van der Waals surface area (Å²) in [6.45, 7) is 2.40. The van der Waals surface area contributed by atoms with E-state index < -0.39 is 11.2 Å². The van der Waals surface area contributed by atoms with Gasteiger partial charge in [0.1, 0.15) is 5.03 Å². The predicted molar refractivity (Wildman–Crippen MR) is 74.5 cm³/mol. The average molecular weight is 307 g/mol. The summed E-state index contributed by atoms with van der Waals surface area (Å²) in [5.74, 6) is -1.82. The van der Waals surface area contributed by atoms with Crippen LogP contribution in [0.25, 0.3) is 0 Å². The molecule has 1 fully saturated rings. The maximum atomic E-state index is 12.2. The molecule has 7 heteroatoms. The van der Waals surface area contributed by atoms with E-state index in [0.29, 0.717) is 6.54 Å². The molecule has 0 radical (unpaired) electrons. The van der Waals surface area contributed by atoms with E-state index in [1.165, 1.54) is 23.2 Å². The molecule has 2 amide bonds. The van der Waals surface area contributed by atoms with Crippen LogP contribution >= 0.6 is 11.8 Å². The molecule has 2 rings (SSSR count). The minimum atomic E-state index is -1.34. The number of carboxylic acids is 1. The van der Waals surface area contributed by atoms with Crippen LogP contribution in [-0.4, -0.2) is 39.5 Å². The second-order valence-electron chi connectivity index (χ2n) is 4.69. The number of carboxylic acid groups (broad SMARTS) is 1. The zero-order valence-electron chi connectivity index (χ0n) is 11.6. The molecule has 0 bridgehead atoms. The molecule has 1 atom stereocenters. The number of hydrogen-bond donors (Lipinski definition) is 0. The molecule has 0 saturated carbocycles. The molecular weight excluding hydrogens is 292 g/mol. The number of carbonyl (C=O) groups excluding carboxylic acids is 3. The van der Waals surface area contributed by atoms with Crippen LogP contribution in [0, 0.1) is 0 Å². The van der Waals surface area contributed by atoms with Crippen molar-refractivity contribution in [3.63, 3.8) is 0 Å². The van der Waals surface area contributed by atoms with Crippen LogP contribution in [-0.2, 0) is 9.59 Å². The van der Waals surface area contributed by atoms with Crippen LogP contribution in [0.5, 0.6) is 0 Å². The molecule has 0 N–H and O–H groups in total. The van der Waals surface area contributed by atoms with E-state index in [-0.39, 0.29) is 28.8 Å². The van der Waals surface area contributed by atoms with Gasteiger partial charge in [0.25, 0.3) is 0 Å². The lowest BCUT2D eigenvalue weighted by molar-refractivity contribution is -0.255. The van der Waals surface area contributed by atoms with Crippen LogP contribution in [0.1, 0.15) is 36.5 Å². The van der Waals surface area contributed by atoms with Gasteiger partial charge in [-0.25, -0.2) is 4.98 Å². The summed E-state index contributed by atoms with van der Waals surface area (Å²) in [4.78, 5) is 40.3. The van der Waals surface area contributed by atoms with Gasteiger partial charge in [0.05, 0.1) is 11.2 Å². The molecule has 1 aliphatic heterocycles. The normalized spacial score (nSPS) is 18.3. The second kappa shape index (κ2) is 6.71. The summed E-state index contributed by atoms with van der Waals surface area (Å²) < 4.78 is 0. The van der Waals surface area contributed by atoms with Gasteiger partial charge in [-0.2, -0.15) is 0 Å². The number of hydrogen-bond acceptors (Lipinski definition) is 6. The lowest BCUT2D eigenvalue weighted by Crippen LogP contribution is -2.32. The molecule has 1 aromatic heterocycles. The maximum absolute atomic E-state index is 12.2. The fraction of sp³-hybridized carbons (Fsp3) is 0.429. The smallest absolute Gasteiger partial charge is 0.243 e. The van der Waals surface area contributed by atoms with Crippen molar-refractivity contribution in [2.75, 3.05) is 6.54 Å². The molecule has 1 aromatic rings. The Bertz CT molecular complexity index is 576. The van der Waals surface area contributed by atoms with E-state index in [4.69, 9.17) is 0 Å². The fourth-order valence-corrected chi connectivity index (χ4v) is 3.19. The van der Waals surface area contributed by atoms with E-state index >= 15 is 0 Å². The third-order valence-electron chi connectivity index (χ3n) is 3.18. The largest absolute Gasteiger partial charge is 0.545 e. The highest BCUT2D eigenvalue weighted by atomic mass is 32.2. The van der Waals surface area contributed by atoms with Gasteiger partial charge < -0.3 is 9.90 Å². The lowest BCUT2D eigenvalue weighted by atomic mass is 10.3. The summed E-state index contributed by atoms with van der Waals surface area (Å²) >= 11 is 1.01. The van der Waals surface area contributed by atoms with Crippen LogP contribution in [0.2, 0.25) is 0 Å². The van der Waals surface area contributed by atoms with Gasteiger partial charge in [-0.05, 0) is 18.6 Å². The van der Waals surface area contributed by atoms with E-state index in [9.17, 15) is 19.5 Å². The number of thioether (sulfide) groups is 1. The van der Waals surface area contributed by atoms with E-state index in [1.54, 1.807) is 0 Å². The number of aromatic carboxylic acids is 1. The first kappa shape index (κ1) is 15.5. The van der Waals surface area contributed by atoms with Gasteiger partial charge in [0.15, 0.2) is 0 Å². The number of likely N-dealkylation sites (tertiary alicyclic amines) is 1. The topological polar surface area (TPSA) is 90.4 Å². The first-order valence-corrected chi connectivity index (χ1v) is 7.59. The number of amides is 2. The Hall–Kier alpha value is -1.89. The van der Waals surface area contributed by atoms with Gasteiger partial charge in [0, 0.05) is 24.7 Å². The number of imide groups is 1. The maximum Gasteiger partial charge on any atom is 0.243 e. The Kier molecular flexibility index (Phi) is 4.95. The van der Waals surface area contributed by atoms with E-state index in [0.717, 1.165) is 24.6 Å². The van der Waals surface area contributed by atoms with Gasteiger partial charge in [-0.3, -0.25) is 14.5 Å². The fourth-order valence-electron chi connectivity index (χ4n) is 2.07. The minimum Gasteiger partial charge on any atom is -0.545 e. The highest BCUT2D eigenvalue weighted by Crippen LogP contribution is 2.32. The van der Waals surface area contributed by atoms with Crippen LogP contribution < -0.4 is 5.11 Å². The van der Waals surface area contributed by atoms with Gasteiger partial charge >= 0.3 is 0 Å². The summed E-state index contributed by atoms with van der Waals surface area (Å²) in [6, 6.07) is 2.87. The number of carbonyl (C=O) groups is 3. The van der Waals surface area contributed by atoms with Crippen molar-refractivity contribution in [2.24, 2.45) is 0 Å². The Morgan fingerprint density at radius 2 is 2.29 bits per heavy atom. The highest BCUT2D eigenvalue weighted by Gasteiger charge is 2.39. The van der Waals surface area contributed by atoms with Crippen molar-refractivity contribution in [2.45, 2.75) is 36.5 Å². The van der Waals surface area contributed by atoms with Gasteiger partial charge in [-0.1, -0.05) is 25.1 Å². The highest BCUT2D eigenvalue weighted by molar-refractivity contribution is 8.00. The Balaban J connectivity index is 2.13. The zero-order chi connectivity index (χ0) is 15.4. The third kappa shape index (κ3) is 3.41. The summed E-state index contributed by atoms with van der Waals surface area (Å²) in [6.07, 6.45) is 3.19. The monoisotopic (exact) mass is 307 g/mol. The van der Waals surface area contributed by atoms with Crippen LogP contribution in [0.4, 0.5) is 0 Å². The van der Waals surface area contributed by atoms with E-state index in [2.05, 4.69) is 4.98 Å². The molecule has 1 aliphatic rings. The molecule has 21 heavy (non-hydrogen) atoms. The molecular formula is C14H15N2O4S-. The number of aromatic nitrogens is 1. The molecule has 1 saturated heterocycles. The Morgan fingerprint density at radius 3 is 2.95 bits per heavy atom. The average Bonchev–Trinajstić information content (AvgIpc) is 2.72. The summed E-state index contributed by atoms with van der Waals surface area (Å²) in [5, 5.41) is 10.6. The minimum absolute atomic E-state index is 0.0604. The van der Waals surface area contributed by atoms with Gasteiger partial charge in [-0.15, -0.1) is 0 Å². The summed E-state index contributed by atoms with van der Waals surface area (Å²) in [5.41, 5.74) is -0.0604.